The summed E-state index contributed by atoms with van der Waals surface area (Å²) in [4.78, 5) is 18.2. The Hall–Kier alpha value is -1.68. The third-order valence-corrected chi connectivity index (χ3v) is 2.57. The summed E-state index contributed by atoms with van der Waals surface area (Å²) in [6, 6.07) is 4.39. The second-order valence-electron chi connectivity index (χ2n) is 3.25. The molecular weight excluding hydrogens is 231 g/mol. The number of aromatic nitrogens is 2. The average molecular weight is 239 g/mol. The number of Topliss-reactive ketones (excluding diaryl/α,β-unsaturated/α-hetero) is 1. The van der Waals surface area contributed by atoms with Crippen molar-refractivity contribution in [3.63, 3.8) is 0 Å². The molecule has 0 spiro atoms. The fourth-order valence-electron chi connectivity index (χ4n) is 1.36. The first-order valence-corrected chi connectivity index (χ1v) is 5.01. The predicted molar refractivity (Wildman–Crippen MR) is 58.0 cm³/mol. The molecule has 2 rings (SSSR count). The molecule has 0 bridgehead atoms. The molecular formula is C11H8ClFN2O. The van der Waals surface area contributed by atoms with Gasteiger partial charge in [0.05, 0.1) is 5.02 Å². The zero-order chi connectivity index (χ0) is 11.5. The summed E-state index contributed by atoms with van der Waals surface area (Å²) in [6.45, 7) is 0. The molecule has 0 amide bonds. The van der Waals surface area contributed by atoms with Crippen molar-refractivity contribution >= 4 is 17.4 Å². The summed E-state index contributed by atoms with van der Waals surface area (Å²) in [7, 11) is 0. The number of hydrogen-bond donors (Lipinski definition) is 1. The summed E-state index contributed by atoms with van der Waals surface area (Å²) in [6.07, 6.45) is 3.07. The van der Waals surface area contributed by atoms with E-state index in [2.05, 4.69) is 9.97 Å². The molecule has 1 N–H and O–H groups in total. The normalized spacial score (nSPS) is 10.4. The summed E-state index contributed by atoms with van der Waals surface area (Å²) in [5.74, 6) is -0.496. The number of H-pyrrole nitrogens is 1. The van der Waals surface area contributed by atoms with Crippen LogP contribution in [0.3, 0.4) is 0 Å². The molecule has 0 saturated carbocycles. The van der Waals surface area contributed by atoms with E-state index in [1.807, 2.05) is 0 Å². The number of benzene rings is 1. The van der Waals surface area contributed by atoms with Crippen molar-refractivity contribution in [2.75, 3.05) is 0 Å². The van der Waals surface area contributed by atoms with E-state index in [4.69, 9.17) is 11.6 Å². The third-order valence-electron chi connectivity index (χ3n) is 2.14. The average Bonchev–Trinajstić information content (AvgIpc) is 2.78. The van der Waals surface area contributed by atoms with Gasteiger partial charge in [0.2, 0.25) is 5.78 Å². The number of imidazole rings is 1. The quantitative estimate of drug-likeness (QED) is 0.836. The van der Waals surface area contributed by atoms with Crippen LogP contribution in [-0.4, -0.2) is 15.8 Å². The molecule has 0 aliphatic rings. The summed E-state index contributed by atoms with van der Waals surface area (Å²) < 4.78 is 13.1. The van der Waals surface area contributed by atoms with Gasteiger partial charge in [-0.25, -0.2) is 9.37 Å². The van der Waals surface area contributed by atoms with Gasteiger partial charge >= 0.3 is 0 Å². The Morgan fingerprint density at radius 2 is 2.31 bits per heavy atom. The van der Waals surface area contributed by atoms with Crippen molar-refractivity contribution in [2.24, 2.45) is 0 Å². The van der Waals surface area contributed by atoms with Gasteiger partial charge in [0, 0.05) is 18.8 Å². The predicted octanol–water partition coefficient (Wildman–Crippen LogP) is 2.63. The molecule has 82 valence electrons. The van der Waals surface area contributed by atoms with Crippen molar-refractivity contribution in [1.82, 2.24) is 9.97 Å². The second-order valence-corrected chi connectivity index (χ2v) is 3.63. The van der Waals surface area contributed by atoms with Crippen molar-refractivity contribution in [3.05, 3.63) is 52.8 Å². The van der Waals surface area contributed by atoms with E-state index in [-0.39, 0.29) is 23.1 Å². The van der Waals surface area contributed by atoms with Crippen LogP contribution in [0, 0.1) is 5.82 Å². The van der Waals surface area contributed by atoms with Gasteiger partial charge in [-0.1, -0.05) is 23.7 Å². The van der Waals surface area contributed by atoms with Crippen LogP contribution in [0.4, 0.5) is 4.39 Å². The van der Waals surface area contributed by atoms with Crippen LogP contribution in [0.25, 0.3) is 0 Å². The van der Waals surface area contributed by atoms with Crippen molar-refractivity contribution in [1.29, 1.82) is 0 Å². The molecule has 5 heteroatoms. The molecule has 0 saturated heterocycles. The lowest BCUT2D eigenvalue weighted by Gasteiger charge is -2.02. The number of carbonyl (C=O) groups excluding carboxylic acids is 1. The van der Waals surface area contributed by atoms with Crippen molar-refractivity contribution < 1.29 is 9.18 Å². The maximum Gasteiger partial charge on any atom is 0.202 e. The van der Waals surface area contributed by atoms with E-state index in [9.17, 15) is 9.18 Å². The highest BCUT2D eigenvalue weighted by Gasteiger charge is 2.13. The van der Waals surface area contributed by atoms with Crippen LogP contribution >= 0.6 is 11.6 Å². The third kappa shape index (κ3) is 2.12. The molecule has 1 heterocycles. The maximum atomic E-state index is 13.1. The van der Waals surface area contributed by atoms with Gasteiger partial charge in [-0.3, -0.25) is 4.79 Å². The van der Waals surface area contributed by atoms with Gasteiger partial charge < -0.3 is 4.98 Å². The number of hydrogen-bond acceptors (Lipinski definition) is 2. The van der Waals surface area contributed by atoms with Crippen LogP contribution in [0.15, 0.2) is 30.6 Å². The van der Waals surface area contributed by atoms with E-state index < -0.39 is 5.82 Å². The smallest absolute Gasteiger partial charge is 0.202 e. The van der Waals surface area contributed by atoms with E-state index >= 15 is 0 Å². The number of nitrogens with zero attached hydrogens (tertiary/aromatic N) is 1. The Bertz CT molecular complexity index is 511. The molecule has 0 atom stereocenters. The number of halogens is 2. The van der Waals surface area contributed by atoms with Crippen molar-refractivity contribution in [3.8, 4) is 0 Å². The van der Waals surface area contributed by atoms with Crippen molar-refractivity contribution in [2.45, 2.75) is 6.42 Å². The number of rotatable bonds is 3. The molecule has 0 radical (unpaired) electrons. The lowest BCUT2D eigenvalue weighted by molar-refractivity contribution is 0.0984. The van der Waals surface area contributed by atoms with Crippen LogP contribution in [-0.2, 0) is 6.42 Å². The van der Waals surface area contributed by atoms with E-state index in [0.29, 0.717) is 5.56 Å². The van der Waals surface area contributed by atoms with Gasteiger partial charge in [0.25, 0.3) is 0 Å². The Balaban J connectivity index is 2.22. The molecule has 1 aromatic heterocycles. The fourth-order valence-corrected chi connectivity index (χ4v) is 1.55. The molecule has 0 unspecified atom stereocenters. The van der Waals surface area contributed by atoms with Crippen LogP contribution in [0.5, 0.6) is 0 Å². The Labute approximate surface area is 96.3 Å². The molecule has 0 aliphatic heterocycles. The molecule has 16 heavy (non-hydrogen) atoms. The van der Waals surface area contributed by atoms with E-state index in [1.165, 1.54) is 18.3 Å². The SMILES string of the molecule is O=C(Cc1cccc(F)c1Cl)c1ncc[nH]1. The highest BCUT2D eigenvalue weighted by atomic mass is 35.5. The molecule has 3 nitrogen and oxygen atoms in total. The van der Waals surface area contributed by atoms with Gasteiger partial charge in [-0.15, -0.1) is 0 Å². The lowest BCUT2D eigenvalue weighted by atomic mass is 10.1. The molecule has 0 aliphatic carbocycles. The number of ketones is 1. The zero-order valence-electron chi connectivity index (χ0n) is 8.21. The Kier molecular flexibility index (Phi) is 3.01. The van der Waals surface area contributed by atoms with Gasteiger partial charge in [-0.05, 0) is 11.6 Å². The standard InChI is InChI=1S/C11H8ClFN2O/c12-10-7(2-1-3-8(10)13)6-9(16)11-14-4-5-15-11/h1-5H,6H2,(H,14,15). The number of aromatic amines is 1. The number of nitrogens with one attached hydrogen (secondary N) is 1. The largest absolute Gasteiger partial charge is 0.342 e. The first-order chi connectivity index (χ1) is 7.68. The Morgan fingerprint density at radius 1 is 1.50 bits per heavy atom. The first-order valence-electron chi connectivity index (χ1n) is 4.64. The van der Waals surface area contributed by atoms with Gasteiger partial charge in [-0.2, -0.15) is 0 Å². The molecule has 1 aromatic carbocycles. The fraction of sp³-hybridized carbons (Fsp3) is 0.0909. The lowest BCUT2D eigenvalue weighted by Crippen LogP contribution is -2.06. The molecule has 2 aromatic rings. The monoisotopic (exact) mass is 238 g/mol. The highest BCUT2D eigenvalue weighted by Crippen LogP contribution is 2.20. The zero-order valence-corrected chi connectivity index (χ0v) is 8.96. The summed E-state index contributed by atoms with van der Waals surface area (Å²) in [5.41, 5.74) is 0.461. The number of carbonyl (C=O) groups is 1. The summed E-state index contributed by atoms with van der Waals surface area (Å²) in [5, 5.41) is -0.0117. The van der Waals surface area contributed by atoms with Gasteiger partial charge in [0.15, 0.2) is 5.82 Å². The molecule has 0 fully saturated rings. The maximum absolute atomic E-state index is 13.1. The van der Waals surface area contributed by atoms with Crippen LogP contribution in [0.2, 0.25) is 5.02 Å². The minimum atomic E-state index is -0.522. The first kappa shape index (κ1) is 10.8. The van der Waals surface area contributed by atoms with Crippen LogP contribution < -0.4 is 0 Å². The summed E-state index contributed by atoms with van der Waals surface area (Å²) >= 11 is 5.74. The second kappa shape index (κ2) is 4.45. The Morgan fingerprint density at radius 3 is 3.00 bits per heavy atom. The van der Waals surface area contributed by atoms with E-state index in [0.717, 1.165) is 0 Å². The topological polar surface area (TPSA) is 45.8 Å². The van der Waals surface area contributed by atoms with Gasteiger partial charge in [0.1, 0.15) is 5.82 Å². The highest BCUT2D eigenvalue weighted by molar-refractivity contribution is 6.31. The minimum absolute atomic E-state index is 0.0117. The minimum Gasteiger partial charge on any atom is -0.342 e. The van der Waals surface area contributed by atoms with Crippen LogP contribution in [0.1, 0.15) is 16.2 Å². The van der Waals surface area contributed by atoms with E-state index in [1.54, 1.807) is 12.3 Å².